The molecule has 0 fully saturated rings. The Morgan fingerprint density at radius 3 is 2.55 bits per heavy atom. The van der Waals surface area contributed by atoms with E-state index in [4.69, 9.17) is 10.7 Å². The van der Waals surface area contributed by atoms with Gasteiger partial charge in [-0.3, -0.25) is 4.98 Å². The topological polar surface area (TPSA) is 55.0 Å². The molecule has 0 bridgehead atoms. The molecule has 0 saturated heterocycles. The Kier molecular flexibility index (Phi) is 5.07. The Balaban J connectivity index is 2.19. The van der Waals surface area contributed by atoms with Gasteiger partial charge in [0.25, 0.3) is 0 Å². The molecule has 0 radical (unpaired) electrons. The lowest BCUT2D eigenvalue weighted by molar-refractivity contribution is 0.841. The van der Waals surface area contributed by atoms with Crippen LogP contribution in [0.25, 0.3) is 0 Å². The molecular weight excluding hydrogens is 248 g/mol. The molecule has 4 nitrogen and oxygen atoms in total. The van der Waals surface area contributed by atoms with Crippen LogP contribution in [-0.4, -0.2) is 17.0 Å². The lowest BCUT2D eigenvalue weighted by Crippen LogP contribution is -2.19. The van der Waals surface area contributed by atoms with Gasteiger partial charge in [0.2, 0.25) is 0 Å². The van der Waals surface area contributed by atoms with Crippen LogP contribution in [0.3, 0.4) is 0 Å². The summed E-state index contributed by atoms with van der Waals surface area (Å²) in [6.07, 6.45) is 5.71. The standard InChI is InChI=1S/C16H22N4/c1-3-4-15-9-14(11-17)10-16(19-15)20(2)12-13-5-7-18-8-6-13/h5-10H,3-4,11-12,17H2,1-2H3. The van der Waals surface area contributed by atoms with E-state index < -0.39 is 0 Å². The van der Waals surface area contributed by atoms with Crippen LogP contribution in [0.5, 0.6) is 0 Å². The van der Waals surface area contributed by atoms with Crippen molar-refractivity contribution in [3.05, 3.63) is 53.5 Å². The molecule has 2 heterocycles. The second kappa shape index (κ2) is 7.01. The van der Waals surface area contributed by atoms with E-state index in [-0.39, 0.29) is 0 Å². The second-order valence-corrected chi connectivity index (χ2v) is 4.99. The molecule has 2 aromatic rings. The third-order valence-electron chi connectivity index (χ3n) is 3.23. The first kappa shape index (κ1) is 14.5. The minimum atomic E-state index is 0.551. The van der Waals surface area contributed by atoms with Crippen LogP contribution < -0.4 is 10.6 Å². The van der Waals surface area contributed by atoms with Crippen LogP contribution >= 0.6 is 0 Å². The average molecular weight is 270 g/mol. The number of hydrogen-bond donors (Lipinski definition) is 1. The minimum absolute atomic E-state index is 0.551. The van der Waals surface area contributed by atoms with Gasteiger partial charge < -0.3 is 10.6 Å². The third-order valence-corrected chi connectivity index (χ3v) is 3.23. The number of pyridine rings is 2. The van der Waals surface area contributed by atoms with Crippen LogP contribution in [-0.2, 0) is 19.5 Å². The maximum atomic E-state index is 5.78. The van der Waals surface area contributed by atoms with Crippen molar-refractivity contribution in [3.63, 3.8) is 0 Å². The highest BCUT2D eigenvalue weighted by Crippen LogP contribution is 2.17. The highest BCUT2D eigenvalue weighted by atomic mass is 15.2. The summed E-state index contributed by atoms with van der Waals surface area (Å²) in [7, 11) is 2.05. The van der Waals surface area contributed by atoms with Gasteiger partial charge in [0.1, 0.15) is 5.82 Å². The maximum Gasteiger partial charge on any atom is 0.129 e. The fraction of sp³-hybridized carbons (Fsp3) is 0.375. The Labute approximate surface area is 120 Å². The molecule has 106 valence electrons. The maximum absolute atomic E-state index is 5.78. The van der Waals surface area contributed by atoms with Gasteiger partial charge >= 0.3 is 0 Å². The van der Waals surface area contributed by atoms with E-state index in [9.17, 15) is 0 Å². The molecule has 0 saturated carbocycles. The van der Waals surface area contributed by atoms with Crippen molar-refractivity contribution in [2.45, 2.75) is 32.9 Å². The van der Waals surface area contributed by atoms with Crippen molar-refractivity contribution < 1.29 is 0 Å². The van der Waals surface area contributed by atoms with Crippen molar-refractivity contribution in [2.75, 3.05) is 11.9 Å². The fourth-order valence-corrected chi connectivity index (χ4v) is 2.17. The SMILES string of the molecule is CCCc1cc(CN)cc(N(C)Cc2ccncc2)n1. The van der Waals surface area contributed by atoms with E-state index >= 15 is 0 Å². The second-order valence-electron chi connectivity index (χ2n) is 4.99. The smallest absolute Gasteiger partial charge is 0.129 e. The highest BCUT2D eigenvalue weighted by Gasteiger charge is 2.07. The normalized spacial score (nSPS) is 10.6. The number of hydrogen-bond acceptors (Lipinski definition) is 4. The van der Waals surface area contributed by atoms with Gasteiger partial charge in [-0.2, -0.15) is 0 Å². The van der Waals surface area contributed by atoms with Crippen LogP contribution in [0, 0.1) is 0 Å². The van der Waals surface area contributed by atoms with E-state index in [2.05, 4.69) is 36.0 Å². The molecule has 2 N–H and O–H groups in total. The molecule has 0 atom stereocenters. The van der Waals surface area contributed by atoms with E-state index in [1.165, 1.54) is 5.56 Å². The Hall–Kier alpha value is -1.94. The van der Waals surface area contributed by atoms with E-state index in [1.54, 1.807) is 0 Å². The summed E-state index contributed by atoms with van der Waals surface area (Å²) in [4.78, 5) is 10.9. The number of aryl methyl sites for hydroxylation is 1. The number of nitrogens with zero attached hydrogens (tertiary/aromatic N) is 3. The molecule has 20 heavy (non-hydrogen) atoms. The molecular formula is C16H22N4. The predicted octanol–water partition coefficient (Wildman–Crippen LogP) is 2.52. The zero-order valence-corrected chi connectivity index (χ0v) is 12.2. The number of anilines is 1. The van der Waals surface area contributed by atoms with Gasteiger partial charge in [-0.1, -0.05) is 13.3 Å². The Morgan fingerprint density at radius 2 is 1.90 bits per heavy atom. The molecule has 2 aromatic heterocycles. The predicted molar refractivity (Wildman–Crippen MR) is 82.5 cm³/mol. The molecule has 0 aromatic carbocycles. The Bertz CT molecular complexity index is 539. The molecule has 2 rings (SSSR count). The van der Waals surface area contributed by atoms with Crippen molar-refractivity contribution in [2.24, 2.45) is 5.73 Å². The van der Waals surface area contributed by atoms with Crippen molar-refractivity contribution in [3.8, 4) is 0 Å². The number of nitrogens with two attached hydrogens (primary N) is 1. The molecule has 0 amide bonds. The van der Waals surface area contributed by atoms with Gasteiger partial charge in [0.05, 0.1) is 0 Å². The van der Waals surface area contributed by atoms with Gasteiger partial charge in [0, 0.05) is 38.2 Å². The average Bonchev–Trinajstić information content (AvgIpc) is 2.48. The van der Waals surface area contributed by atoms with Crippen molar-refractivity contribution in [1.82, 2.24) is 9.97 Å². The summed E-state index contributed by atoms with van der Waals surface area (Å²) in [5.74, 6) is 0.980. The third kappa shape index (κ3) is 3.78. The van der Waals surface area contributed by atoms with Gasteiger partial charge in [-0.15, -0.1) is 0 Å². The molecule has 0 unspecified atom stereocenters. The monoisotopic (exact) mass is 270 g/mol. The van der Waals surface area contributed by atoms with Crippen molar-refractivity contribution >= 4 is 5.82 Å². The van der Waals surface area contributed by atoms with Crippen LogP contribution in [0.4, 0.5) is 5.82 Å². The highest BCUT2D eigenvalue weighted by molar-refractivity contribution is 5.42. The van der Waals surface area contributed by atoms with Gasteiger partial charge in [-0.05, 0) is 41.8 Å². The first-order valence-electron chi connectivity index (χ1n) is 7.03. The quantitative estimate of drug-likeness (QED) is 0.876. The molecule has 0 aliphatic carbocycles. The van der Waals surface area contributed by atoms with Crippen LogP contribution in [0.15, 0.2) is 36.7 Å². The molecule has 0 spiro atoms. The molecule has 0 aliphatic heterocycles. The summed E-state index contributed by atoms with van der Waals surface area (Å²) in [6, 6.07) is 8.22. The summed E-state index contributed by atoms with van der Waals surface area (Å²) in [5.41, 5.74) is 9.26. The summed E-state index contributed by atoms with van der Waals surface area (Å²) in [6.45, 7) is 3.53. The van der Waals surface area contributed by atoms with Gasteiger partial charge in [0.15, 0.2) is 0 Å². The van der Waals surface area contributed by atoms with Crippen LogP contribution in [0.2, 0.25) is 0 Å². The molecule has 0 aliphatic rings. The summed E-state index contributed by atoms with van der Waals surface area (Å²) < 4.78 is 0. The van der Waals surface area contributed by atoms with E-state index in [1.807, 2.05) is 24.5 Å². The first-order chi connectivity index (χ1) is 9.72. The van der Waals surface area contributed by atoms with E-state index in [0.29, 0.717) is 6.54 Å². The molecule has 4 heteroatoms. The summed E-state index contributed by atoms with van der Waals surface area (Å²) in [5, 5.41) is 0. The Morgan fingerprint density at radius 1 is 1.15 bits per heavy atom. The van der Waals surface area contributed by atoms with Gasteiger partial charge in [-0.25, -0.2) is 4.98 Å². The summed E-state index contributed by atoms with van der Waals surface area (Å²) >= 11 is 0. The zero-order chi connectivity index (χ0) is 14.4. The lowest BCUT2D eigenvalue weighted by Gasteiger charge is -2.20. The van der Waals surface area contributed by atoms with Crippen molar-refractivity contribution in [1.29, 1.82) is 0 Å². The fourth-order valence-electron chi connectivity index (χ4n) is 2.17. The number of rotatable bonds is 6. The first-order valence-corrected chi connectivity index (χ1v) is 7.03. The number of aromatic nitrogens is 2. The lowest BCUT2D eigenvalue weighted by atomic mass is 10.1. The largest absolute Gasteiger partial charge is 0.355 e. The van der Waals surface area contributed by atoms with E-state index in [0.717, 1.165) is 36.5 Å². The minimum Gasteiger partial charge on any atom is -0.355 e. The van der Waals surface area contributed by atoms with Crippen LogP contribution in [0.1, 0.15) is 30.2 Å². The zero-order valence-electron chi connectivity index (χ0n) is 12.2.